The van der Waals surface area contributed by atoms with E-state index in [0.717, 1.165) is 43.4 Å². The summed E-state index contributed by atoms with van der Waals surface area (Å²) in [6.07, 6.45) is -0.223. The molecular formula is C23H27F4N9O3. The molecule has 1 fully saturated rings. The molecule has 12 nitrogen and oxygen atoms in total. The number of amides is 2. The Bertz CT molecular complexity index is 1260. The van der Waals surface area contributed by atoms with E-state index >= 15 is 0 Å². The predicted molar refractivity (Wildman–Crippen MR) is 132 cm³/mol. The number of rotatable bonds is 6. The van der Waals surface area contributed by atoms with Crippen molar-refractivity contribution in [1.29, 1.82) is 0 Å². The number of urea groups is 1. The highest BCUT2D eigenvalue weighted by molar-refractivity contribution is 5.88. The first kappa shape index (κ1) is 29.2. The van der Waals surface area contributed by atoms with E-state index < -0.39 is 24.0 Å². The van der Waals surface area contributed by atoms with Crippen molar-refractivity contribution in [2.75, 3.05) is 42.9 Å². The number of carbonyl (C=O) groups excluding carboxylic acids is 1. The van der Waals surface area contributed by atoms with Crippen LogP contribution < -0.4 is 15.5 Å². The van der Waals surface area contributed by atoms with Gasteiger partial charge in [0.1, 0.15) is 6.33 Å². The number of pyridine rings is 1. The van der Waals surface area contributed by atoms with Crippen molar-refractivity contribution in [2.24, 2.45) is 0 Å². The van der Waals surface area contributed by atoms with Crippen LogP contribution in [0.15, 0.2) is 36.9 Å². The van der Waals surface area contributed by atoms with E-state index in [0.29, 0.717) is 13.1 Å². The minimum Gasteiger partial charge on any atom is -0.475 e. The highest BCUT2D eigenvalue weighted by atomic mass is 19.4. The molecule has 1 aliphatic rings. The first-order chi connectivity index (χ1) is 18.5. The predicted octanol–water partition coefficient (Wildman–Crippen LogP) is 2.60. The fourth-order valence-electron chi connectivity index (χ4n) is 3.68. The third-order valence-corrected chi connectivity index (χ3v) is 5.54. The van der Waals surface area contributed by atoms with E-state index in [9.17, 15) is 22.4 Å². The number of carboxylic acids is 1. The number of carbonyl (C=O) groups is 2. The third-order valence-electron chi connectivity index (χ3n) is 5.54. The van der Waals surface area contributed by atoms with E-state index in [1.165, 1.54) is 6.33 Å². The number of anilines is 2. The molecule has 3 aromatic heterocycles. The van der Waals surface area contributed by atoms with Crippen molar-refractivity contribution in [1.82, 2.24) is 34.9 Å². The van der Waals surface area contributed by atoms with E-state index in [-0.39, 0.29) is 11.5 Å². The van der Waals surface area contributed by atoms with Crippen LogP contribution in [0.5, 0.6) is 0 Å². The topological polar surface area (TPSA) is 141 Å². The molecule has 1 aliphatic heterocycles. The van der Waals surface area contributed by atoms with Crippen molar-refractivity contribution in [3.05, 3.63) is 54.1 Å². The molecule has 0 aliphatic carbocycles. The van der Waals surface area contributed by atoms with E-state index in [2.05, 4.69) is 46.6 Å². The molecule has 3 aromatic rings. The standard InChI is InChI=1S/C21H26FN9O.C2HF3O2/c1-3-23-21(32)28-20-19(22)16(24-14-25-20)13-29-9-11-30(12-10-29)17-5-6-18(27-15(17)2)31-8-4-7-26-31;3-2(4,5)1(6)7/h4-8,14H,3,9-13H2,1-2H3,(H2,23,24,25,28,32);(H,6,7). The third kappa shape index (κ3) is 8.07. The lowest BCUT2D eigenvalue weighted by molar-refractivity contribution is -0.192. The molecule has 0 atom stereocenters. The Labute approximate surface area is 220 Å². The zero-order chi connectivity index (χ0) is 28.6. The highest BCUT2D eigenvalue weighted by Crippen LogP contribution is 2.22. The number of aromatic nitrogens is 5. The average Bonchev–Trinajstić information content (AvgIpc) is 3.42. The Balaban J connectivity index is 0.000000532. The summed E-state index contributed by atoms with van der Waals surface area (Å²) >= 11 is 0. The monoisotopic (exact) mass is 553 g/mol. The molecular weight excluding hydrogens is 526 g/mol. The maximum Gasteiger partial charge on any atom is 0.490 e. The lowest BCUT2D eigenvalue weighted by atomic mass is 10.2. The van der Waals surface area contributed by atoms with Crippen molar-refractivity contribution in [3.63, 3.8) is 0 Å². The number of alkyl halides is 3. The molecule has 0 radical (unpaired) electrons. The summed E-state index contributed by atoms with van der Waals surface area (Å²) in [5.41, 5.74) is 2.29. The van der Waals surface area contributed by atoms with Crippen LogP contribution >= 0.6 is 0 Å². The van der Waals surface area contributed by atoms with Gasteiger partial charge in [0.15, 0.2) is 17.5 Å². The number of nitrogens with one attached hydrogen (secondary N) is 2. The number of hydrogen-bond acceptors (Lipinski definition) is 8. The van der Waals surface area contributed by atoms with Gasteiger partial charge in [-0.3, -0.25) is 10.2 Å². The molecule has 0 unspecified atom stereocenters. The lowest BCUT2D eigenvalue weighted by Crippen LogP contribution is -2.46. The number of hydrogen-bond donors (Lipinski definition) is 3. The molecule has 0 aromatic carbocycles. The number of nitrogens with zero attached hydrogens (tertiary/aromatic N) is 7. The summed E-state index contributed by atoms with van der Waals surface area (Å²) in [7, 11) is 0. The van der Waals surface area contributed by atoms with Gasteiger partial charge in [-0.15, -0.1) is 0 Å². The van der Waals surface area contributed by atoms with Crippen LogP contribution in [0.4, 0.5) is 33.9 Å². The maximum atomic E-state index is 14.8. The van der Waals surface area contributed by atoms with Crippen LogP contribution in [0.2, 0.25) is 0 Å². The van der Waals surface area contributed by atoms with Crippen LogP contribution in [0.1, 0.15) is 18.3 Å². The second-order valence-corrected chi connectivity index (χ2v) is 8.26. The minimum absolute atomic E-state index is 0.112. The zero-order valence-corrected chi connectivity index (χ0v) is 21.1. The summed E-state index contributed by atoms with van der Waals surface area (Å²) in [5.74, 6) is -2.69. The van der Waals surface area contributed by atoms with Gasteiger partial charge >= 0.3 is 18.2 Å². The van der Waals surface area contributed by atoms with E-state index in [1.807, 2.05) is 25.3 Å². The Morgan fingerprint density at radius 2 is 1.82 bits per heavy atom. The Morgan fingerprint density at radius 1 is 1.13 bits per heavy atom. The molecule has 210 valence electrons. The average molecular weight is 554 g/mol. The van der Waals surface area contributed by atoms with Gasteiger partial charge in [-0.2, -0.15) is 18.3 Å². The minimum atomic E-state index is -5.08. The maximum absolute atomic E-state index is 14.8. The smallest absolute Gasteiger partial charge is 0.475 e. The first-order valence-electron chi connectivity index (χ1n) is 11.8. The van der Waals surface area contributed by atoms with Gasteiger partial charge < -0.3 is 15.3 Å². The SMILES string of the molecule is CCNC(=O)Nc1ncnc(CN2CCN(c3ccc(-n4cccn4)nc3C)CC2)c1F.O=C(O)C(F)(F)F. The van der Waals surface area contributed by atoms with Crippen molar-refractivity contribution in [3.8, 4) is 5.82 Å². The summed E-state index contributed by atoms with van der Waals surface area (Å²) < 4.78 is 48.2. The van der Waals surface area contributed by atoms with Gasteiger partial charge in [-0.05, 0) is 32.0 Å². The van der Waals surface area contributed by atoms with Crippen molar-refractivity contribution in [2.45, 2.75) is 26.6 Å². The Morgan fingerprint density at radius 3 is 2.38 bits per heavy atom. The molecule has 1 saturated heterocycles. The van der Waals surface area contributed by atoms with Gasteiger partial charge in [0, 0.05) is 51.7 Å². The molecule has 39 heavy (non-hydrogen) atoms. The second-order valence-electron chi connectivity index (χ2n) is 8.26. The lowest BCUT2D eigenvalue weighted by Gasteiger charge is -2.36. The molecule has 4 rings (SSSR count). The summed E-state index contributed by atoms with van der Waals surface area (Å²) in [6, 6.07) is 5.40. The highest BCUT2D eigenvalue weighted by Gasteiger charge is 2.38. The molecule has 0 spiro atoms. The van der Waals surface area contributed by atoms with Gasteiger partial charge in [-0.25, -0.2) is 33.6 Å². The number of aryl methyl sites for hydroxylation is 1. The molecule has 2 amide bonds. The van der Waals surface area contributed by atoms with Gasteiger partial charge in [0.25, 0.3) is 0 Å². The Kier molecular flexibility index (Phi) is 9.70. The first-order valence-corrected chi connectivity index (χ1v) is 11.8. The van der Waals surface area contributed by atoms with E-state index in [1.54, 1.807) is 17.8 Å². The van der Waals surface area contributed by atoms with E-state index in [4.69, 9.17) is 9.90 Å². The van der Waals surface area contributed by atoms with Gasteiger partial charge in [0.05, 0.1) is 17.1 Å². The van der Waals surface area contributed by atoms with Crippen molar-refractivity contribution >= 4 is 23.5 Å². The summed E-state index contributed by atoms with van der Waals surface area (Å²) in [4.78, 5) is 37.6. The largest absolute Gasteiger partial charge is 0.490 e. The molecule has 3 N–H and O–H groups in total. The van der Waals surface area contributed by atoms with Crippen LogP contribution in [0, 0.1) is 12.7 Å². The number of halogens is 4. The Hall–Kier alpha value is -4.34. The molecule has 4 heterocycles. The fourth-order valence-corrected chi connectivity index (χ4v) is 3.68. The quantitative estimate of drug-likeness (QED) is 0.393. The normalized spacial score (nSPS) is 13.8. The van der Waals surface area contributed by atoms with Crippen molar-refractivity contribution < 1.29 is 32.3 Å². The zero-order valence-electron chi connectivity index (χ0n) is 21.1. The summed E-state index contributed by atoms with van der Waals surface area (Å²) in [6.45, 7) is 7.66. The van der Waals surface area contributed by atoms with Gasteiger partial charge in [-0.1, -0.05) is 0 Å². The number of piperazine rings is 1. The molecule has 16 heteroatoms. The second kappa shape index (κ2) is 12.9. The molecule has 0 saturated carbocycles. The summed E-state index contributed by atoms with van der Waals surface area (Å²) in [5, 5.41) is 16.3. The van der Waals surface area contributed by atoms with Gasteiger partial charge in [0.2, 0.25) is 0 Å². The molecule has 0 bridgehead atoms. The van der Waals surface area contributed by atoms with Crippen LogP contribution in [-0.4, -0.2) is 85.6 Å². The van der Waals surface area contributed by atoms with Crippen LogP contribution in [-0.2, 0) is 11.3 Å². The number of carboxylic acid groups (broad SMARTS) is 1. The number of aliphatic carboxylic acids is 1. The van der Waals surface area contributed by atoms with Crippen LogP contribution in [0.3, 0.4) is 0 Å². The van der Waals surface area contributed by atoms with Crippen LogP contribution in [0.25, 0.3) is 5.82 Å². The fraction of sp³-hybridized carbons (Fsp3) is 0.391.